The molecule has 2 heterocycles. The third kappa shape index (κ3) is 3.64. The molecule has 3 rings (SSSR count). The van der Waals surface area contributed by atoms with Crippen LogP contribution in [-0.4, -0.2) is 57.6 Å². The van der Waals surface area contributed by atoms with E-state index in [-0.39, 0.29) is 11.6 Å². The second kappa shape index (κ2) is 7.58. The van der Waals surface area contributed by atoms with Gasteiger partial charge in [-0.25, -0.2) is 13.1 Å². The van der Waals surface area contributed by atoms with Gasteiger partial charge in [0.15, 0.2) is 15.7 Å². The maximum absolute atomic E-state index is 12.6. The number of aryl methyl sites for hydroxylation is 1. The topological polar surface area (TPSA) is 103 Å². The van der Waals surface area contributed by atoms with E-state index >= 15 is 0 Å². The van der Waals surface area contributed by atoms with Crippen molar-refractivity contribution in [3.05, 3.63) is 34.6 Å². The Bertz CT molecular complexity index is 1210. The van der Waals surface area contributed by atoms with Crippen LogP contribution in [0.4, 0.5) is 5.95 Å². The number of hydrogen-bond acceptors (Lipinski definition) is 7. The highest BCUT2D eigenvalue weighted by Gasteiger charge is 2.29. The number of sulfone groups is 1. The van der Waals surface area contributed by atoms with Crippen LogP contribution in [0.2, 0.25) is 0 Å². The van der Waals surface area contributed by atoms with Gasteiger partial charge < -0.3 is 4.90 Å². The highest BCUT2D eigenvalue weighted by atomic mass is 32.2. The molecule has 156 valence electrons. The van der Waals surface area contributed by atoms with Gasteiger partial charge in [0.1, 0.15) is 5.69 Å². The van der Waals surface area contributed by atoms with Gasteiger partial charge in [-0.1, -0.05) is 18.2 Å². The fourth-order valence-electron chi connectivity index (χ4n) is 3.30. The fourth-order valence-corrected chi connectivity index (χ4v) is 4.20. The molecule has 3 aromatic rings. The van der Waals surface area contributed by atoms with Gasteiger partial charge in [0.25, 0.3) is 5.56 Å². The molecule has 0 amide bonds. The molecule has 0 saturated heterocycles. The first-order valence-electron chi connectivity index (χ1n) is 9.39. The SMILES string of the molecule is CCn1nc(-c2nnc(N(C)C(C)C(C)S(C)(=O)=O)n2C)c2ccccc2c1=O. The molecule has 0 N–H and O–H groups in total. The lowest BCUT2D eigenvalue weighted by atomic mass is 10.1. The summed E-state index contributed by atoms with van der Waals surface area (Å²) in [5, 5.41) is 13.8. The first-order chi connectivity index (χ1) is 13.6. The monoisotopic (exact) mass is 418 g/mol. The van der Waals surface area contributed by atoms with Crippen molar-refractivity contribution in [1.82, 2.24) is 24.5 Å². The molecular weight excluding hydrogens is 392 g/mol. The summed E-state index contributed by atoms with van der Waals surface area (Å²) in [6.07, 6.45) is 1.23. The summed E-state index contributed by atoms with van der Waals surface area (Å²) in [4.78, 5) is 14.4. The number of nitrogens with zero attached hydrogens (tertiary/aromatic N) is 6. The number of fused-ring (bicyclic) bond motifs is 1. The van der Waals surface area contributed by atoms with Crippen molar-refractivity contribution in [2.24, 2.45) is 7.05 Å². The molecule has 0 aliphatic carbocycles. The number of rotatable bonds is 6. The summed E-state index contributed by atoms with van der Waals surface area (Å²) < 4.78 is 27.1. The lowest BCUT2D eigenvalue weighted by molar-refractivity contribution is 0.562. The van der Waals surface area contributed by atoms with E-state index in [1.54, 1.807) is 36.6 Å². The Balaban J connectivity index is 2.13. The van der Waals surface area contributed by atoms with Gasteiger partial charge in [0.2, 0.25) is 5.95 Å². The predicted octanol–water partition coefficient (Wildman–Crippen LogP) is 1.47. The van der Waals surface area contributed by atoms with E-state index in [4.69, 9.17) is 0 Å². The molecule has 9 nitrogen and oxygen atoms in total. The number of hydrogen-bond donors (Lipinski definition) is 0. The van der Waals surface area contributed by atoms with E-state index in [9.17, 15) is 13.2 Å². The second-order valence-electron chi connectivity index (χ2n) is 7.28. The lowest BCUT2D eigenvalue weighted by Gasteiger charge is -2.29. The van der Waals surface area contributed by atoms with E-state index in [2.05, 4.69) is 15.3 Å². The van der Waals surface area contributed by atoms with Crippen LogP contribution in [-0.2, 0) is 23.4 Å². The molecule has 0 aliphatic rings. The molecule has 2 aromatic heterocycles. The average molecular weight is 419 g/mol. The van der Waals surface area contributed by atoms with E-state index in [0.29, 0.717) is 34.8 Å². The summed E-state index contributed by atoms with van der Waals surface area (Å²) >= 11 is 0. The fraction of sp³-hybridized carbons (Fsp3) is 0.474. The standard InChI is InChI=1S/C19H26N6O3S/c1-7-25-18(26)15-11-9-8-10-14(15)16(22-25)17-20-21-19(24(17)5)23(4)12(2)13(3)29(6,27)28/h8-13H,7H2,1-6H3. The Hall–Kier alpha value is -2.75. The number of benzene rings is 1. The Labute approximate surface area is 169 Å². The molecule has 0 saturated carbocycles. The summed E-state index contributed by atoms with van der Waals surface area (Å²) in [6, 6.07) is 6.97. The number of anilines is 1. The highest BCUT2D eigenvalue weighted by Crippen LogP contribution is 2.26. The Morgan fingerprint density at radius 3 is 2.34 bits per heavy atom. The van der Waals surface area contributed by atoms with Gasteiger partial charge >= 0.3 is 0 Å². The lowest BCUT2D eigenvalue weighted by Crippen LogP contribution is -2.42. The van der Waals surface area contributed by atoms with Crippen LogP contribution in [0.25, 0.3) is 22.3 Å². The zero-order valence-corrected chi connectivity index (χ0v) is 18.3. The van der Waals surface area contributed by atoms with Crippen LogP contribution in [0.5, 0.6) is 0 Å². The van der Waals surface area contributed by atoms with Gasteiger partial charge in [-0.15, -0.1) is 10.2 Å². The highest BCUT2D eigenvalue weighted by molar-refractivity contribution is 7.91. The predicted molar refractivity (Wildman–Crippen MR) is 114 cm³/mol. The quantitative estimate of drug-likeness (QED) is 0.597. The van der Waals surface area contributed by atoms with Crippen molar-refractivity contribution < 1.29 is 8.42 Å². The van der Waals surface area contributed by atoms with Crippen LogP contribution in [0.3, 0.4) is 0 Å². The molecule has 29 heavy (non-hydrogen) atoms. The summed E-state index contributed by atoms with van der Waals surface area (Å²) in [6.45, 7) is 5.81. The molecular formula is C19H26N6O3S. The van der Waals surface area contributed by atoms with Crippen molar-refractivity contribution in [2.75, 3.05) is 18.2 Å². The minimum Gasteiger partial charge on any atom is -0.340 e. The smallest absolute Gasteiger partial charge is 0.274 e. The molecule has 0 bridgehead atoms. The minimum atomic E-state index is -3.21. The molecule has 2 unspecified atom stereocenters. The number of aromatic nitrogens is 5. The van der Waals surface area contributed by atoms with Crippen LogP contribution in [0.15, 0.2) is 29.1 Å². The van der Waals surface area contributed by atoms with Crippen molar-refractivity contribution in [3.8, 4) is 11.5 Å². The van der Waals surface area contributed by atoms with Crippen molar-refractivity contribution in [1.29, 1.82) is 0 Å². The van der Waals surface area contributed by atoms with E-state index in [1.165, 1.54) is 10.9 Å². The Kier molecular flexibility index (Phi) is 5.48. The maximum Gasteiger partial charge on any atom is 0.274 e. The summed E-state index contributed by atoms with van der Waals surface area (Å²) in [5.41, 5.74) is 0.405. The molecule has 0 radical (unpaired) electrons. The summed E-state index contributed by atoms with van der Waals surface area (Å²) in [5.74, 6) is 1.02. The zero-order chi connectivity index (χ0) is 21.5. The minimum absolute atomic E-state index is 0.151. The Morgan fingerprint density at radius 1 is 1.14 bits per heavy atom. The van der Waals surface area contributed by atoms with Gasteiger partial charge in [-0.2, -0.15) is 5.10 Å². The van der Waals surface area contributed by atoms with Crippen LogP contribution < -0.4 is 10.5 Å². The molecule has 0 aliphatic heterocycles. The van der Waals surface area contributed by atoms with Gasteiger partial charge in [0, 0.05) is 38.3 Å². The largest absolute Gasteiger partial charge is 0.340 e. The third-order valence-electron chi connectivity index (χ3n) is 5.51. The zero-order valence-electron chi connectivity index (χ0n) is 17.5. The van der Waals surface area contributed by atoms with E-state index in [1.807, 2.05) is 32.0 Å². The molecule has 0 fully saturated rings. The maximum atomic E-state index is 12.6. The van der Waals surface area contributed by atoms with Crippen LogP contribution >= 0.6 is 0 Å². The molecule has 1 aromatic carbocycles. The van der Waals surface area contributed by atoms with Crippen LogP contribution in [0, 0.1) is 0 Å². The Morgan fingerprint density at radius 2 is 1.76 bits per heavy atom. The first-order valence-corrected chi connectivity index (χ1v) is 11.3. The van der Waals surface area contributed by atoms with Crippen molar-refractivity contribution in [2.45, 2.75) is 38.6 Å². The molecule has 10 heteroatoms. The van der Waals surface area contributed by atoms with Crippen molar-refractivity contribution >= 4 is 26.6 Å². The van der Waals surface area contributed by atoms with E-state index < -0.39 is 15.1 Å². The second-order valence-corrected chi connectivity index (χ2v) is 9.69. The first kappa shape index (κ1) is 21.0. The molecule has 0 spiro atoms. The van der Waals surface area contributed by atoms with Gasteiger partial charge in [-0.3, -0.25) is 9.36 Å². The average Bonchev–Trinajstić information content (AvgIpc) is 3.07. The summed E-state index contributed by atoms with van der Waals surface area (Å²) in [7, 11) is 0.387. The van der Waals surface area contributed by atoms with Gasteiger partial charge in [-0.05, 0) is 26.8 Å². The van der Waals surface area contributed by atoms with Crippen LogP contribution in [0.1, 0.15) is 20.8 Å². The van der Waals surface area contributed by atoms with Crippen molar-refractivity contribution in [3.63, 3.8) is 0 Å². The van der Waals surface area contributed by atoms with Gasteiger partial charge in [0.05, 0.1) is 10.6 Å². The normalized spacial score (nSPS) is 14.1. The van der Waals surface area contributed by atoms with E-state index in [0.717, 1.165) is 0 Å². The molecule has 2 atom stereocenters. The third-order valence-corrected chi connectivity index (χ3v) is 7.26.